The molecule has 3 rings (SSSR count). The number of hydrogen-bond acceptors (Lipinski definition) is 6. The van der Waals surface area contributed by atoms with E-state index in [4.69, 9.17) is 27.9 Å². The minimum atomic E-state index is 0.337. The van der Waals surface area contributed by atoms with Crippen LogP contribution in [0.5, 0.6) is 5.75 Å². The monoisotopic (exact) mass is 437 g/mol. The maximum absolute atomic E-state index is 6.19. The molecule has 0 fully saturated rings. The molecule has 1 heterocycles. The molecule has 0 radical (unpaired) electrons. The molecular weight excluding hydrogens is 417 g/mol. The normalized spacial score (nSPS) is 11.0. The number of ether oxygens (including phenoxy) is 1. The Hall–Kier alpha value is -1.80. The topological polar surface area (TPSA) is 64.9 Å². The number of thioether (sulfide) groups is 1. The highest BCUT2D eigenvalue weighted by Gasteiger charge is 2.07. The summed E-state index contributed by atoms with van der Waals surface area (Å²) in [5.41, 5.74) is 1.96. The minimum absolute atomic E-state index is 0.337. The molecule has 0 saturated heterocycles. The fourth-order valence-electron chi connectivity index (χ4n) is 2.51. The molecule has 28 heavy (non-hydrogen) atoms. The highest BCUT2D eigenvalue weighted by atomic mass is 35.5. The van der Waals surface area contributed by atoms with Crippen LogP contribution in [0.2, 0.25) is 10.0 Å². The number of aryl methyl sites for hydroxylation is 1. The molecular formula is C19H21Cl2N5OS. The van der Waals surface area contributed by atoms with E-state index in [1.807, 2.05) is 43.4 Å². The molecule has 1 N–H and O–H groups in total. The van der Waals surface area contributed by atoms with E-state index < -0.39 is 0 Å². The molecule has 0 aliphatic rings. The SMILES string of the molecule is Cn1nnnc1SCCCNCc1cccc(OCc2c(Cl)cccc2Cl)c1. The van der Waals surface area contributed by atoms with Gasteiger partial charge >= 0.3 is 0 Å². The lowest BCUT2D eigenvalue weighted by atomic mass is 10.2. The molecule has 3 aromatic rings. The van der Waals surface area contributed by atoms with Crippen LogP contribution in [-0.2, 0) is 20.2 Å². The van der Waals surface area contributed by atoms with Crippen LogP contribution in [0.4, 0.5) is 0 Å². The third kappa shape index (κ3) is 6.10. The number of halogens is 2. The van der Waals surface area contributed by atoms with Gasteiger partial charge in [-0.05, 0) is 53.2 Å². The largest absolute Gasteiger partial charge is 0.489 e. The van der Waals surface area contributed by atoms with Crippen molar-refractivity contribution in [3.8, 4) is 5.75 Å². The van der Waals surface area contributed by atoms with Crippen LogP contribution in [0.3, 0.4) is 0 Å². The van der Waals surface area contributed by atoms with Crippen molar-refractivity contribution in [1.29, 1.82) is 0 Å². The zero-order valence-electron chi connectivity index (χ0n) is 15.4. The Morgan fingerprint density at radius 1 is 1.14 bits per heavy atom. The Labute approximate surface area is 178 Å². The number of nitrogens with zero attached hydrogens (tertiary/aromatic N) is 4. The summed E-state index contributed by atoms with van der Waals surface area (Å²) in [6.07, 6.45) is 1.03. The molecule has 0 unspecified atom stereocenters. The lowest BCUT2D eigenvalue weighted by Crippen LogP contribution is -2.15. The Balaban J connectivity index is 1.40. The lowest BCUT2D eigenvalue weighted by Gasteiger charge is -2.11. The molecule has 148 valence electrons. The first kappa shape index (κ1) is 20.9. The molecule has 0 spiro atoms. The van der Waals surface area contributed by atoms with Crippen molar-refractivity contribution in [1.82, 2.24) is 25.5 Å². The Kier molecular flexibility index (Phi) is 7.97. The van der Waals surface area contributed by atoms with Crippen molar-refractivity contribution >= 4 is 35.0 Å². The molecule has 0 aliphatic carbocycles. The van der Waals surface area contributed by atoms with E-state index in [0.29, 0.717) is 16.7 Å². The first-order valence-corrected chi connectivity index (χ1v) is 10.6. The van der Waals surface area contributed by atoms with Crippen LogP contribution in [0.25, 0.3) is 0 Å². The maximum atomic E-state index is 6.19. The molecule has 6 nitrogen and oxygen atoms in total. The van der Waals surface area contributed by atoms with Crippen LogP contribution in [0.1, 0.15) is 17.5 Å². The number of aromatic nitrogens is 4. The number of tetrazole rings is 1. The number of hydrogen-bond donors (Lipinski definition) is 1. The third-order valence-electron chi connectivity index (χ3n) is 3.98. The van der Waals surface area contributed by atoms with E-state index in [2.05, 4.69) is 26.9 Å². The first-order chi connectivity index (χ1) is 13.6. The second-order valence-corrected chi connectivity index (χ2v) is 7.98. The second kappa shape index (κ2) is 10.7. The summed E-state index contributed by atoms with van der Waals surface area (Å²) in [7, 11) is 1.84. The standard InChI is InChI=1S/C19H21Cl2N5OS/c1-26-19(23-24-25-26)28-10-4-9-22-12-14-5-2-6-15(11-14)27-13-16-17(20)7-3-8-18(16)21/h2-3,5-8,11,22H,4,9-10,12-13H2,1H3. The van der Waals surface area contributed by atoms with Gasteiger partial charge in [0.1, 0.15) is 12.4 Å². The molecule has 1 aromatic heterocycles. The van der Waals surface area contributed by atoms with Gasteiger partial charge in [-0.25, -0.2) is 4.68 Å². The van der Waals surface area contributed by atoms with Gasteiger partial charge < -0.3 is 10.1 Å². The molecule has 0 aliphatic heterocycles. The summed E-state index contributed by atoms with van der Waals surface area (Å²) in [6, 6.07) is 13.5. The van der Waals surface area contributed by atoms with Gasteiger partial charge in [-0.15, -0.1) is 5.10 Å². The van der Waals surface area contributed by atoms with Gasteiger partial charge in [-0.1, -0.05) is 53.2 Å². The van der Waals surface area contributed by atoms with E-state index in [0.717, 1.165) is 47.3 Å². The first-order valence-electron chi connectivity index (χ1n) is 8.84. The number of nitrogens with one attached hydrogen (secondary N) is 1. The van der Waals surface area contributed by atoms with Crippen LogP contribution in [-0.4, -0.2) is 32.5 Å². The number of benzene rings is 2. The van der Waals surface area contributed by atoms with Crippen LogP contribution < -0.4 is 10.1 Å². The van der Waals surface area contributed by atoms with E-state index in [1.54, 1.807) is 16.4 Å². The van der Waals surface area contributed by atoms with Gasteiger partial charge in [0.15, 0.2) is 0 Å². The maximum Gasteiger partial charge on any atom is 0.209 e. The predicted molar refractivity (Wildman–Crippen MR) is 113 cm³/mol. The average Bonchev–Trinajstić information content (AvgIpc) is 3.09. The summed E-state index contributed by atoms with van der Waals surface area (Å²) < 4.78 is 7.55. The quantitative estimate of drug-likeness (QED) is 0.375. The zero-order chi connectivity index (χ0) is 19.8. The van der Waals surface area contributed by atoms with Gasteiger partial charge in [0.25, 0.3) is 0 Å². The molecule has 0 atom stereocenters. The summed E-state index contributed by atoms with van der Waals surface area (Å²) in [4.78, 5) is 0. The fraction of sp³-hybridized carbons (Fsp3) is 0.316. The van der Waals surface area contributed by atoms with E-state index in [1.165, 1.54) is 0 Å². The molecule has 0 saturated carbocycles. The van der Waals surface area contributed by atoms with Crippen LogP contribution >= 0.6 is 35.0 Å². The van der Waals surface area contributed by atoms with Crippen molar-refractivity contribution in [2.24, 2.45) is 7.05 Å². The van der Waals surface area contributed by atoms with Gasteiger partial charge in [0.05, 0.1) is 0 Å². The second-order valence-electron chi connectivity index (χ2n) is 6.10. The Morgan fingerprint density at radius 3 is 2.68 bits per heavy atom. The van der Waals surface area contributed by atoms with Crippen molar-refractivity contribution in [2.45, 2.75) is 24.7 Å². The van der Waals surface area contributed by atoms with Crippen LogP contribution in [0.15, 0.2) is 47.6 Å². The Morgan fingerprint density at radius 2 is 1.93 bits per heavy atom. The fourth-order valence-corrected chi connectivity index (χ4v) is 3.80. The molecule has 2 aromatic carbocycles. The number of rotatable bonds is 10. The highest BCUT2D eigenvalue weighted by molar-refractivity contribution is 7.99. The van der Waals surface area contributed by atoms with Crippen molar-refractivity contribution in [3.63, 3.8) is 0 Å². The third-order valence-corrected chi connectivity index (χ3v) is 5.79. The molecule has 0 amide bonds. The van der Waals surface area contributed by atoms with E-state index in [9.17, 15) is 0 Å². The lowest BCUT2D eigenvalue weighted by molar-refractivity contribution is 0.306. The zero-order valence-corrected chi connectivity index (χ0v) is 17.8. The summed E-state index contributed by atoms with van der Waals surface area (Å²) >= 11 is 14.0. The smallest absolute Gasteiger partial charge is 0.209 e. The average molecular weight is 438 g/mol. The van der Waals surface area contributed by atoms with Gasteiger partial charge in [-0.2, -0.15) is 0 Å². The van der Waals surface area contributed by atoms with Gasteiger partial charge in [-0.3, -0.25) is 0 Å². The summed E-state index contributed by atoms with van der Waals surface area (Å²) in [5.74, 6) is 1.75. The van der Waals surface area contributed by atoms with Crippen molar-refractivity contribution in [3.05, 3.63) is 63.6 Å². The summed E-state index contributed by atoms with van der Waals surface area (Å²) in [5, 5.41) is 16.9. The van der Waals surface area contributed by atoms with Gasteiger partial charge in [0.2, 0.25) is 5.16 Å². The molecule has 0 bridgehead atoms. The van der Waals surface area contributed by atoms with Crippen molar-refractivity contribution in [2.75, 3.05) is 12.3 Å². The van der Waals surface area contributed by atoms with E-state index in [-0.39, 0.29) is 0 Å². The van der Waals surface area contributed by atoms with Crippen LogP contribution in [0, 0.1) is 0 Å². The van der Waals surface area contributed by atoms with Crippen molar-refractivity contribution < 1.29 is 4.74 Å². The predicted octanol–water partition coefficient (Wildman–Crippen LogP) is 4.37. The minimum Gasteiger partial charge on any atom is -0.489 e. The highest BCUT2D eigenvalue weighted by Crippen LogP contribution is 2.26. The van der Waals surface area contributed by atoms with Gasteiger partial charge in [0, 0.05) is 35.0 Å². The molecule has 9 heteroatoms. The summed E-state index contributed by atoms with van der Waals surface area (Å²) in [6.45, 7) is 2.03. The van der Waals surface area contributed by atoms with E-state index >= 15 is 0 Å². The Bertz CT molecular complexity index is 885.